The molecule has 0 unspecified atom stereocenters. The Morgan fingerprint density at radius 3 is 2.58 bits per heavy atom. The SMILES string of the molecule is Cc1cc(=O)cc(C(=O)N2C[C@@H](C(=O)O)[C@H](c3ccncc3)C2)o1. The van der Waals surface area contributed by atoms with E-state index in [1.54, 1.807) is 31.5 Å². The van der Waals surface area contributed by atoms with Crippen molar-refractivity contribution < 1.29 is 19.1 Å². The average Bonchev–Trinajstić information content (AvgIpc) is 2.99. The number of rotatable bonds is 3. The molecule has 1 saturated heterocycles. The Balaban J connectivity index is 1.89. The van der Waals surface area contributed by atoms with Gasteiger partial charge in [-0.05, 0) is 24.6 Å². The molecular weight excluding hydrogens is 312 g/mol. The van der Waals surface area contributed by atoms with Crippen LogP contribution in [0.4, 0.5) is 0 Å². The fourth-order valence-corrected chi connectivity index (χ4v) is 3.03. The minimum Gasteiger partial charge on any atom is -0.481 e. The third kappa shape index (κ3) is 3.05. The zero-order valence-electron chi connectivity index (χ0n) is 13.0. The second kappa shape index (κ2) is 6.27. The van der Waals surface area contributed by atoms with E-state index in [4.69, 9.17) is 4.42 Å². The number of aliphatic carboxylic acids is 1. The van der Waals surface area contributed by atoms with Gasteiger partial charge in [0.05, 0.1) is 5.92 Å². The predicted molar refractivity (Wildman–Crippen MR) is 83.7 cm³/mol. The minimum atomic E-state index is -0.960. The van der Waals surface area contributed by atoms with E-state index < -0.39 is 17.8 Å². The average molecular weight is 328 g/mol. The summed E-state index contributed by atoms with van der Waals surface area (Å²) in [5.41, 5.74) is 0.500. The van der Waals surface area contributed by atoms with Crippen LogP contribution < -0.4 is 5.43 Å². The van der Waals surface area contributed by atoms with Crippen LogP contribution in [0.2, 0.25) is 0 Å². The first kappa shape index (κ1) is 15.9. The minimum absolute atomic E-state index is 0.0683. The van der Waals surface area contributed by atoms with Gasteiger partial charge in [-0.1, -0.05) is 0 Å². The van der Waals surface area contributed by atoms with Gasteiger partial charge in [0.2, 0.25) is 0 Å². The largest absolute Gasteiger partial charge is 0.481 e. The maximum absolute atomic E-state index is 12.6. The zero-order chi connectivity index (χ0) is 17.3. The molecule has 1 amide bonds. The maximum atomic E-state index is 12.6. The summed E-state index contributed by atoms with van der Waals surface area (Å²) in [4.78, 5) is 41.1. The summed E-state index contributed by atoms with van der Waals surface area (Å²) >= 11 is 0. The molecule has 0 saturated carbocycles. The topological polar surface area (TPSA) is 101 Å². The molecule has 7 heteroatoms. The van der Waals surface area contributed by atoms with Crippen molar-refractivity contribution >= 4 is 11.9 Å². The van der Waals surface area contributed by atoms with Crippen molar-refractivity contribution in [3.8, 4) is 0 Å². The molecule has 3 rings (SSSR count). The van der Waals surface area contributed by atoms with Gasteiger partial charge in [-0.15, -0.1) is 0 Å². The number of aromatic nitrogens is 1. The van der Waals surface area contributed by atoms with Crippen LogP contribution in [-0.2, 0) is 4.79 Å². The summed E-state index contributed by atoms with van der Waals surface area (Å²) in [6, 6.07) is 5.92. The van der Waals surface area contributed by atoms with E-state index in [0.717, 1.165) is 11.6 Å². The molecule has 0 aliphatic carbocycles. The van der Waals surface area contributed by atoms with Crippen molar-refractivity contribution in [2.24, 2.45) is 5.92 Å². The van der Waals surface area contributed by atoms with Gasteiger partial charge in [0.1, 0.15) is 5.76 Å². The van der Waals surface area contributed by atoms with Gasteiger partial charge in [-0.2, -0.15) is 0 Å². The molecule has 124 valence electrons. The van der Waals surface area contributed by atoms with Gasteiger partial charge < -0.3 is 14.4 Å². The lowest BCUT2D eigenvalue weighted by molar-refractivity contribution is -0.141. The molecule has 2 aromatic heterocycles. The molecule has 0 spiro atoms. The lowest BCUT2D eigenvalue weighted by atomic mass is 9.90. The van der Waals surface area contributed by atoms with Crippen LogP contribution >= 0.6 is 0 Å². The number of carbonyl (C=O) groups excluding carboxylic acids is 1. The third-order valence-electron chi connectivity index (χ3n) is 4.16. The van der Waals surface area contributed by atoms with Gasteiger partial charge in [0.25, 0.3) is 5.91 Å². The van der Waals surface area contributed by atoms with Crippen LogP contribution in [0.5, 0.6) is 0 Å². The standard InChI is InChI=1S/C17H16N2O5/c1-10-6-12(20)7-15(24-10)16(21)19-8-13(14(9-19)17(22)23)11-2-4-18-5-3-11/h2-7,13-14H,8-9H2,1H3,(H,22,23)/t13-,14+/m0/s1. The van der Waals surface area contributed by atoms with Crippen LogP contribution in [0.25, 0.3) is 0 Å². The molecule has 1 N–H and O–H groups in total. The molecule has 1 fully saturated rings. The molecule has 0 bridgehead atoms. The van der Waals surface area contributed by atoms with E-state index in [1.807, 2.05) is 0 Å². The van der Waals surface area contributed by atoms with Gasteiger partial charge in [0, 0.05) is 43.5 Å². The smallest absolute Gasteiger partial charge is 0.308 e. The zero-order valence-corrected chi connectivity index (χ0v) is 13.0. The van der Waals surface area contributed by atoms with Crippen LogP contribution in [0, 0.1) is 12.8 Å². The fourth-order valence-electron chi connectivity index (χ4n) is 3.03. The number of nitrogens with zero attached hydrogens (tertiary/aromatic N) is 2. The number of aryl methyl sites for hydroxylation is 1. The second-order valence-corrected chi connectivity index (χ2v) is 5.81. The van der Waals surface area contributed by atoms with E-state index in [0.29, 0.717) is 5.76 Å². The highest BCUT2D eigenvalue weighted by molar-refractivity contribution is 5.92. The summed E-state index contributed by atoms with van der Waals surface area (Å²) in [7, 11) is 0. The Morgan fingerprint density at radius 2 is 1.96 bits per heavy atom. The van der Waals surface area contributed by atoms with Crippen molar-refractivity contribution in [2.45, 2.75) is 12.8 Å². The number of carboxylic acids is 1. The van der Waals surface area contributed by atoms with Crippen LogP contribution in [0.1, 0.15) is 27.8 Å². The highest BCUT2D eigenvalue weighted by Gasteiger charge is 2.41. The lowest BCUT2D eigenvalue weighted by Crippen LogP contribution is -2.30. The summed E-state index contributed by atoms with van der Waals surface area (Å²) in [5.74, 6) is -2.21. The van der Waals surface area contributed by atoms with Crippen molar-refractivity contribution in [2.75, 3.05) is 13.1 Å². The van der Waals surface area contributed by atoms with Crippen molar-refractivity contribution in [1.82, 2.24) is 9.88 Å². The number of pyridine rings is 1. The monoisotopic (exact) mass is 328 g/mol. The number of hydrogen-bond donors (Lipinski definition) is 1. The van der Waals surface area contributed by atoms with E-state index in [9.17, 15) is 19.5 Å². The highest BCUT2D eigenvalue weighted by Crippen LogP contribution is 2.33. The number of carboxylic acid groups (broad SMARTS) is 1. The number of hydrogen-bond acceptors (Lipinski definition) is 5. The first-order chi connectivity index (χ1) is 11.5. The maximum Gasteiger partial charge on any atom is 0.308 e. The normalized spacial score (nSPS) is 20.1. The number of likely N-dealkylation sites (tertiary alicyclic amines) is 1. The molecule has 1 aliphatic rings. The highest BCUT2D eigenvalue weighted by atomic mass is 16.4. The van der Waals surface area contributed by atoms with Gasteiger partial charge in [-0.3, -0.25) is 19.4 Å². The molecule has 3 heterocycles. The second-order valence-electron chi connectivity index (χ2n) is 5.81. The van der Waals surface area contributed by atoms with Crippen LogP contribution in [0.3, 0.4) is 0 Å². The molecule has 24 heavy (non-hydrogen) atoms. The first-order valence-corrected chi connectivity index (χ1v) is 7.49. The molecule has 7 nitrogen and oxygen atoms in total. The van der Waals surface area contributed by atoms with Crippen LogP contribution in [-0.4, -0.2) is 40.0 Å². The molecular formula is C17H16N2O5. The molecule has 0 aromatic carbocycles. The van der Waals surface area contributed by atoms with E-state index in [-0.39, 0.29) is 30.2 Å². The number of amides is 1. The summed E-state index contributed by atoms with van der Waals surface area (Å²) in [5, 5.41) is 9.48. The molecule has 2 atom stereocenters. The first-order valence-electron chi connectivity index (χ1n) is 7.49. The molecule has 2 aromatic rings. The third-order valence-corrected chi connectivity index (χ3v) is 4.16. The van der Waals surface area contributed by atoms with Gasteiger partial charge in [0.15, 0.2) is 11.2 Å². The molecule has 0 radical (unpaired) electrons. The van der Waals surface area contributed by atoms with E-state index in [2.05, 4.69) is 4.98 Å². The Morgan fingerprint density at radius 1 is 1.25 bits per heavy atom. The quantitative estimate of drug-likeness (QED) is 0.911. The van der Waals surface area contributed by atoms with Crippen molar-refractivity contribution in [1.29, 1.82) is 0 Å². The van der Waals surface area contributed by atoms with E-state index >= 15 is 0 Å². The number of carbonyl (C=O) groups is 2. The van der Waals surface area contributed by atoms with Gasteiger partial charge >= 0.3 is 5.97 Å². The Labute approximate surface area is 137 Å². The van der Waals surface area contributed by atoms with Crippen molar-refractivity contribution in [3.05, 3.63) is 64.0 Å². The molecule has 1 aliphatic heterocycles. The predicted octanol–water partition coefficient (Wildman–Crippen LogP) is 1.28. The Hall–Kier alpha value is -2.96. The van der Waals surface area contributed by atoms with Crippen LogP contribution in [0.15, 0.2) is 45.9 Å². The van der Waals surface area contributed by atoms with Gasteiger partial charge in [-0.25, -0.2) is 0 Å². The lowest BCUT2D eigenvalue weighted by Gasteiger charge is -2.15. The summed E-state index contributed by atoms with van der Waals surface area (Å²) < 4.78 is 5.32. The summed E-state index contributed by atoms with van der Waals surface area (Å²) in [6.45, 7) is 1.90. The summed E-state index contributed by atoms with van der Waals surface area (Å²) in [6.07, 6.45) is 3.19. The fraction of sp³-hybridized carbons (Fsp3) is 0.294. The van der Waals surface area contributed by atoms with Crippen molar-refractivity contribution in [3.63, 3.8) is 0 Å². The Bertz CT molecular complexity index is 830. The van der Waals surface area contributed by atoms with E-state index in [1.165, 1.54) is 11.0 Å². The Kier molecular flexibility index (Phi) is 4.16.